The Bertz CT molecular complexity index is 357. The summed E-state index contributed by atoms with van der Waals surface area (Å²) in [6.07, 6.45) is 3.58. The number of halogens is 1. The van der Waals surface area contributed by atoms with E-state index in [4.69, 9.17) is 5.73 Å². The lowest BCUT2D eigenvalue weighted by molar-refractivity contribution is 0.555. The molecule has 1 fully saturated rings. The molecule has 0 amide bonds. The van der Waals surface area contributed by atoms with Crippen LogP contribution in [0.25, 0.3) is 0 Å². The van der Waals surface area contributed by atoms with Crippen LogP contribution in [-0.2, 0) is 0 Å². The van der Waals surface area contributed by atoms with Gasteiger partial charge in [-0.3, -0.25) is 0 Å². The largest absolute Gasteiger partial charge is 0.369 e. The van der Waals surface area contributed by atoms with E-state index in [1.807, 2.05) is 19.1 Å². The molecule has 1 aliphatic heterocycles. The van der Waals surface area contributed by atoms with Gasteiger partial charge in [0.2, 0.25) is 0 Å². The van der Waals surface area contributed by atoms with Crippen molar-refractivity contribution in [2.75, 3.05) is 18.0 Å². The van der Waals surface area contributed by atoms with Crippen molar-refractivity contribution in [1.82, 2.24) is 0 Å². The summed E-state index contributed by atoms with van der Waals surface area (Å²) in [6.45, 7) is 3.80. The molecule has 3 heteroatoms. The third kappa shape index (κ3) is 2.35. The maximum atomic E-state index is 13.9. The van der Waals surface area contributed by atoms with E-state index in [2.05, 4.69) is 4.90 Å². The minimum absolute atomic E-state index is 0.107. The SMILES string of the molecule is C[C@H](N)c1ccc(N2CCCCC2)c(F)c1. The van der Waals surface area contributed by atoms with Crippen LogP contribution in [0.15, 0.2) is 18.2 Å². The highest BCUT2D eigenvalue weighted by atomic mass is 19.1. The molecule has 2 nitrogen and oxygen atoms in total. The molecule has 0 spiro atoms. The van der Waals surface area contributed by atoms with E-state index >= 15 is 0 Å². The van der Waals surface area contributed by atoms with Crippen LogP contribution < -0.4 is 10.6 Å². The minimum atomic E-state index is -0.142. The predicted octanol–water partition coefficient (Wildman–Crippen LogP) is 2.84. The Morgan fingerprint density at radius 2 is 1.94 bits per heavy atom. The molecule has 0 saturated carbocycles. The number of anilines is 1. The monoisotopic (exact) mass is 222 g/mol. The van der Waals surface area contributed by atoms with Crippen LogP contribution >= 0.6 is 0 Å². The number of piperidine rings is 1. The van der Waals surface area contributed by atoms with Gasteiger partial charge in [-0.15, -0.1) is 0 Å². The quantitative estimate of drug-likeness (QED) is 0.833. The van der Waals surface area contributed by atoms with Gasteiger partial charge in [0.15, 0.2) is 0 Å². The van der Waals surface area contributed by atoms with Gasteiger partial charge in [0, 0.05) is 19.1 Å². The molecule has 0 aliphatic carbocycles. The van der Waals surface area contributed by atoms with Crippen LogP contribution in [0.5, 0.6) is 0 Å². The summed E-state index contributed by atoms with van der Waals surface area (Å²) in [4.78, 5) is 2.13. The Morgan fingerprint density at radius 3 is 2.50 bits per heavy atom. The van der Waals surface area contributed by atoms with Crippen LogP contribution in [0.3, 0.4) is 0 Å². The third-order valence-corrected chi connectivity index (χ3v) is 3.19. The number of nitrogens with zero attached hydrogens (tertiary/aromatic N) is 1. The first-order chi connectivity index (χ1) is 7.68. The molecule has 2 rings (SSSR count). The average molecular weight is 222 g/mol. The first-order valence-electron chi connectivity index (χ1n) is 5.98. The maximum Gasteiger partial charge on any atom is 0.146 e. The van der Waals surface area contributed by atoms with E-state index in [0.29, 0.717) is 0 Å². The molecule has 0 unspecified atom stereocenters. The van der Waals surface area contributed by atoms with E-state index < -0.39 is 0 Å². The summed E-state index contributed by atoms with van der Waals surface area (Å²) < 4.78 is 13.9. The molecular formula is C13H19FN2. The maximum absolute atomic E-state index is 13.9. The summed E-state index contributed by atoms with van der Waals surface area (Å²) in [5, 5.41) is 0. The highest BCUT2D eigenvalue weighted by Crippen LogP contribution is 2.25. The van der Waals surface area contributed by atoms with E-state index in [9.17, 15) is 4.39 Å². The van der Waals surface area contributed by atoms with Gasteiger partial charge in [0.25, 0.3) is 0 Å². The fourth-order valence-electron chi connectivity index (χ4n) is 2.20. The summed E-state index contributed by atoms with van der Waals surface area (Å²) in [6, 6.07) is 5.25. The van der Waals surface area contributed by atoms with Crippen molar-refractivity contribution in [3.05, 3.63) is 29.6 Å². The Kier molecular flexibility index (Phi) is 3.44. The lowest BCUT2D eigenvalue weighted by Gasteiger charge is -2.29. The molecule has 1 aromatic carbocycles. The molecule has 2 N–H and O–H groups in total. The summed E-state index contributed by atoms with van der Waals surface area (Å²) in [7, 11) is 0. The molecule has 1 saturated heterocycles. The van der Waals surface area contributed by atoms with Crippen LogP contribution in [0.4, 0.5) is 10.1 Å². The zero-order chi connectivity index (χ0) is 11.5. The second-order valence-electron chi connectivity index (χ2n) is 4.55. The minimum Gasteiger partial charge on any atom is -0.369 e. The number of nitrogens with two attached hydrogens (primary N) is 1. The van der Waals surface area contributed by atoms with Crippen LogP contribution in [0, 0.1) is 5.82 Å². The van der Waals surface area contributed by atoms with Gasteiger partial charge in [-0.2, -0.15) is 0 Å². The van der Waals surface area contributed by atoms with Gasteiger partial charge in [0.05, 0.1) is 5.69 Å². The van der Waals surface area contributed by atoms with Crippen molar-refractivity contribution in [2.45, 2.75) is 32.2 Å². The van der Waals surface area contributed by atoms with Gasteiger partial charge in [-0.05, 0) is 43.9 Å². The van der Waals surface area contributed by atoms with Crippen molar-refractivity contribution in [2.24, 2.45) is 5.73 Å². The molecule has 16 heavy (non-hydrogen) atoms. The smallest absolute Gasteiger partial charge is 0.146 e. The van der Waals surface area contributed by atoms with Gasteiger partial charge >= 0.3 is 0 Å². The number of hydrogen-bond acceptors (Lipinski definition) is 2. The van der Waals surface area contributed by atoms with Crippen molar-refractivity contribution in [3.8, 4) is 0 Å². The van der Waals surface area contributed by atoms with Crippen molar-refractivity contribution in [3.63, 3.8) is 0 Å². The van der Waals surface area contributed by atoms with Gasteiger partial charge < -0.3 is 10.6 Å². The molecule has 0 aromatic heterocycles. The Morgan fingerprint density at radius 1 is 1.25 bits per heavy atom. The Labute approximate surface area is 96.2 Å². The normalized spacial score (nSPS) is 18.6. The van der Waals surface area contributed by atoms with E-state index in [0.717, 1.165) is 37.2 Å². The second-order valence-corrected chi connectivity index (χ2v) is 4.55. The first kappa shape index (κ1) is 11.4. The topological polar surface area (TPSA) is 29.3 Å². The molecule has 0 bridgehead atoms. The van der Waals surface area contributed by atoms with Crippen LogP contribution in [-0.4, -0.2) is 13.1 Å². The Balaban J connectivity index is 2.21. The Hall–Kier alpha value is -1.09. The zero-order valence-corrected chi connectivity index (χ0v) is 9.75. The number of rotatable bonds is 2. The molecule has 0 radical (unpaired) electrons. The van der Waals surface area contributed by atoms with E-state index in [-0.39, 0.29) is 11.9 Å². The highest BCUT2D eigenvalue weighted by molar-refractivity contribution is 5.49. The average Bonchev–Trinajstić information content (AvgIpc) is 2.30. The van der Waals surface area contributed by atoms with Crippen molar-refractivity contribution >= 4 is 5.69 Å². The molecular weight excluding hydrogens is 203 g/mol. The zero-order valence-electron chi connectivity index (χ0n) is 9.75. The molecule has 1 atom stereocenters. The lowest BCUT2D eigenvalue weighted by atomic mass is 10.1. The van der Waals surface area contributed by atoms with E-state index in [1.165, 1.54) is 6.42 Å². The summed E-state index contributed by atoms with van der Waals surface area (Å²) >= 11 is 0. The third-order valence-electron chi connectivity index (χ3n) is 3.19. The van der Waals surface area contributed by atoms with Gasteiger partial charge in [-0.1, -0.05) is 6.07 Å². The highest BCUT2D eigenvalue weighted by Gasteiger charge is 2.15. The predicted molar refractivity (Wildman–Crippen MR) is 65.1 cm³/mol. The number of hydrogen-bond donors (Lipinski definition) is 1. The summed E-state index contributed by atoms with van der Waals surface area (Å²) in [5.41, 5.74) is 7.32. The lowest BCUT2D eigenvalue weighted by Crippen LogP contribution is -2.30. The fourth-order valence-corrected chi connectivity index (χ4v) is 2.20. The fraction of sp³-hybridized carbons (Fsp3) is 0.538. The molecule has 1 heterocycles. The van der Waals surface area contributed by atoms with Crippen molar-refractivity contribution < 1.29 is 4.39 Å². The first-order valence-corrected chi connectivity index (χ1v) is 5.98. The molecule has 1 aromatic rings. The van der Waals surface area contributed by atoms with E-state index in [1.54, 1.807) is 6.07 Å². The molecule has 1 aliphatic rings. The standard InChI is InChI=1S/C13H19FN2/c1-10(15)11-5-6-13(12(14)9-11)16-7-3-2-4-8-16/h5-6,9-10H,2-4,7-8,15H2,1H3/t10-/m0/s1. The van der Waals surface area contributed by atoms with Gasteiger partial charge in [-0.25, -0.2) is 4.39 Å². The van der Waals surface area contributed by atoms with Crippen LogP contribution in [0.2, 0.25) is 0 Å². The summed E-state index contributed by atoms with van der Waals surface area (Å²) in [5.74, 6) is -0.142. The number of benzene rings is 1. The molecule has 88 valence electrons. The van der Waals surface area contributed by atoms with Gasteiger partial charge in [0.1, 0.15) is 5.82 Å². The second kappa shape index (κ2) is 4.83. The van der Waals surface area contributed by atoms with Crippen LogP contribution in [0.1, 0.15) is 37.8 Å². The van der Waals surface area contributed by atoms with Crippen molar-refractivity contribution in [1.29, 1.82) is 0 Å².